The number of rotatable bonds is 2. The molecule has 0 aliphatic carbocycles. The van der Waals surface area contributed by atoms with Gasteiger partial charge in [-0.05, 0) is 23.3 Å². The van der Waals surface area contributed by atoms with E-state index < -0.39 is 17.5 Å². The molecule has 0 radical (unpaired) electrons. The summed E-state index contributed by atoms with van der Waals surface area (Å²) in [5, 5.41) is 2.87. The minimum absolute atomic E-state index is 0.0748. The summed E-state index contributed by atoms with van der Waals surface area (Å²) in [5.41, 5.74) is 1.90. The lowest BCUT2D eigenvalue weighted by molar-refractivity contribution is 0.0969. The molecule has 2 aromatic rings. The van der Waals surface area contributed by atoms with Crippen LogP contribution in [0, 0.1) is 17.5 Å². The molecule has 5 heteroatoms. The van der Waals surface area contributed by atoms with Crippen molar-refractivity contribution < 1.29 is 17.9 Å². The molecule has 1 heterocycles. The molecule has 2 aromatic carbocycles. The van der Waals surface area contributed by atoms with Crippen LogP contribution >= 0.6 is 0 Å². The van der Waals surface area contributed by atoms with E-state index in [0.29, 0.717) is 13.2 Å². The van der Waals surface area contributed by atoms with E-state index in [9.17, 15) is 13.2 Å². The summed E-state index contributed by atoms with van der Waals surface area (Å²) in [6.07, 6.45) is 0. The lowest BCUT2D eigenvalue weighted by atomic mass is 9.99. The van der Waals surface area contributed by atoms with Gasteiger partial charge in [0.05, 0.1) is 24.9 Å². The standard InChI is InChI=1S/C15H12F3NO/c16-11-5-6-12(15(18)14(11)17)19-13-8-20-7-9-3-1-2-4-10(9)13/h1-6,13,19H,7-8H2. The van der Waals surface area contributed by atoms with Crippen molar-refractivity contribution in [2.45, 2.75) is 12.6 Å². The van der Waals surface area contributed by atoms with Gasteiger partial charge in [0.2, 0.25) is 0 Å². The lowest BCUT2D eigenvalue weighted by Gasteiger charge is -2.27. The quantitative estimate of drug-likeness (QED) is 0.844. The Hall–Kier alpha value is -2.01. The van der Waals surface area contributed by atoms with Crippen LogP contribution in [0.1, 0.15) is 17.2 Å². The Bertz CT molecular complexity index is 645. The number of fused-ring (bicyclic) bond motifs is 1. The molecular weight excluding hydrogens is 267 g/mol. The minimum atomic E-state index is -1.47. The van der Waals surface area contributed by atoms with E-state index in [1.54, 1.807) is 0 Å². The van der Waals surface area contributed by atoms with Crippen molar-refractivity contribution in [3.05, 3.63) is 65.0 Å². The molecule has 2 nitrogen and oxygen atoms in total. The summed E-state index contributed by atoms with van der Waals surface area (Å²) >= 11 is 0. The van der Waals surface area contributed by atoms with Gasteiger partial charge in [-0.2, -0.15) is 0 Å². The maximum absolute atomic E-state index is 13.7. The smallest absolute Gasteiger partial charge is 0.196 e. The van der Waals surface area contributed by atoms with E-state index in [4.69, 9.17) is 4.74 Å². The molecule has 0 fully saturated rings. The Labute approximate surface area is 114 Å². The maximum atomic E-state index is 13.7. The Balaban J connectivity index is 1.92. The maximum Gasteiger partial charge on any atom is 0.196 e. The van der Waals surface area contributed by atoms with Gasteiger partial charge < -0.3 is 10.1 Å². The van der Waals surface area contributed by atoms with Crippen LogP contribution in [0.25, 0.3) is 0 Å². The first-order valence-corrected chi connectivity index (χ1v) is 6.22. The molecule has 104 valence electrons. The van der Waals surface area contributed by atoms with Crippen LogP contribution in [-0.4, -0.2) is 6.61 Å². The largest absolute Gasteiger partial charge is 0.374 e. The van der Waals surface area contributed by atoms with Crippen molar-refractivity contribution in [3.63, 3.8) is 0 Å². The Morgan fingerprint density at radius 3 is 2.65 bits per heavy atom. The summed E-state index contributed by atoms with van der Waals surface area (Å²) in [5.74, 6) is -3.89. The Morgan fingerprint density at radius 2 is 1.80 bits per heavy atom. The second kappa shape index (κ2) is 5.17. The third-order valence-corrected chi connectivity index (χ3v) is 3.34. The fraction of sp³-hybridized carbons (Fsp3) is 0.200. The predicted octanol–water partition coefficient (Wildman–Crippen LogP) is 3.79. The number of halogens is 3. The number of hydrogen-bond donors (Lipinski definition) is 1. The molecule has 3 rings (SSSR count). The zero-order valence-electron chi connectivity index (χ0n) is 10.5. The van der Waals surface area contributed by atoms with Crippen LogP contribution in [0.3, 0.4) is 0 Å². The average molecular weight is 279 g/mol. The van der Waals surface area contributed by atoms with E-state index in [0.717, 1.165) is 17.2 Å². The zero-order chi connectivity index (χ0) is 14.1. The normalized spacial score (nSPS) is 17.6. The molecule has 0 aromatic heterocycles. The van der Waals surface area contributed by atoms with E-state index in [1.807, 2.05) is 24.3 Å². The van der Waals surface area contributed by atoms with Gasteiger partial charge in [0.25, 0.3) is 0 Å². The van der Waals surface area contributed by atoms with E-state index in [1.165, 1.54) is 6.07 Å². The number of hydrogen-bond acceptors (Lipinski definition) is 2. The topological polar surface area (TPSA) is 21.3 Å². The van der Waals surface area contributed by atoms with Gasteiger partial charge in [0, 0.05) is 0 Å². The summed E-state index contributed by atoms with van der Waals surface area (Å²) in [4.78, 5) is 0. The molecule has 1 N–H and O–H groups in total. The van der Waals surface area contributed by atoms with Gasteiger partial charge in [-0.25, -0.2) is 13.2 Å². The van der Waals surface area contributed by atoms with Gasteiger partial charge in [-0.1, -0.05) is 24.3 Å². The molecule has 0 spiro atoms. The third kappa shape index (κ3) is 2.25. The molecule has 1 aliphatic rings. The molecule has 1 atom stereocenters. The number of benzene rings is 2. The first-order valence-electron chi connectivity index (χ1n) is 6.22. The summed E-state index contributed by atoms with van der Waals surface area (Å²) in [6, 6.07) is 9.39. The van der Waals surface area contributed by atoms with Gasteiger partial charge in [-0.3, -0.25) is 0 Å². The minimum Gasteiger partial charge on any atom is -0.374 e. The second-order valence-corrected chi connectivity index (χ2v) is 4.63. The fourth-order valence-corrected chi connectivity index (χ4v) is 2.33. The summed E-state index contributed by atoms with van der Waals surface area (Å²) in [7, 11) is 0. The van der Waals surface area contributed by atoms with Crippen molar-refractivity contribution in [2.24, 2.45) is 0 Å². The number of anilines is 1. The molecule has 1 aliphatic heterocycles. The second-order valence-electron chi connectivity index (χ2n) is 4.63. The van der Waals surface area contributed by atoms with E-state index >= 15 is 0 Å². The van der Waals surface area contributed by atoms with Gasteiger partial charge in [-0.15, -0.1) is 0 Å². The summed E-state index contributed by atoms with van der Waals surface area (Å²) in [6.45, 7) is 0.837. The summed E-state index contributed by atoms with van der Waals surface area (Å²) < 4.78 is 45.2. The van der Waals surface area contributed by atoms with Crippen LogP contribution in [0.5, 0.6) is 0 Å². The molecular formula is C15H12F3NO. The van der Waals surface area contributed by atoms with Gasteiger partial charge in [0.15, 0.2) is 17.5 Å². The van der Waals surface area contributed by atoms with Crippen molar-refractivity contribution in [3.8, 4) is 0 Å². The molecule has 1 unspecified atom stereocenters. The van der Waals surface area contributed by atoms with Crippen LogP contribution in [0.4, 0.5) is 18.9 Å². The highest BCUT2D eigenvalue weighted by Crippen LogP contribution is 2.29. The fourth-order valence-electron chi connectivity index (χ4n) is 2.33. The number of ether oxygens (including phenoxy) is 1. The Morgan fingerprint density at radius 1 is 1.00 bits per heavy atom. The SMILES string of the molecule is Fc1ccc(NC2COCc3ccccc32)c(F)c1F. The van der Waals surface area contributed by atoms with Crippen molar-refractivity contribution in [1.29, 1.82) is 0 Å². The molecule has 0 amide bonds. The van der Waals surface area contributed by atoms with Gasteiger partial charge in [0.1, 0.15) is 0 Å². The monoisotopic (exact) mass is 279 g/mol. The molecule has 0 saturated heterocycles. The first-order chi connectivity index (χ1) is 9.66. The highest BCUT2D eigenvalue weighted by molar-refractivity contribution is 5.49. The van der Waals surface area contributed by atoms with Crippen LogP contribution in [0.15, 0.2) is 36.4 Å². The highest BCUT2D eigenvalue weighted by Gasteiger charge is 2.22. The van der Waals surface area contributed by atoms with Crippen LogP contribution in [-0.2, 0) is 11.3 Å². The van der Waals surface area contributed by atoms with E-state index in [-0.39, 0.29) is 11.7 Å². The number of nitrogens with one attached hydrogen (secondary N) is 1. The van der Waals surface area contributed by atoms with Crippen LogP contribution < -0.4 is 5.32 Å². The molecule has 0 saturated carbocycles. The van der Waals surface area contributed by atoms with Crippen molar-refractivity contribution in [1.82, 2.24) is 0 Å². The van der Waals surface area contributed by atoms with Crippen LogP contribution in [0.2, 0.25) is 0 Å². The predicted molar refractivity (Wildman–Crippen MR) is 68.8 cm³/mol. The highest BCUT2D eigenvalue weighted by atomic mass is 19.2. The molecule has 0 bridgehead atoms. The van der Waals surface area contributed by atoms with Gasteiger partial charge >= 0.3 is 0 Å². The van der Waals surface area contributed by atoms with Crippen molar-refractivity contribution in [2.75, 3.05) is 11.9 Å². The van der Waals surface area contributed by atoms with E-state index in [2.05, 4.69) is 5.32 Å². The zero-order valence-corrected chi connectivity index (χ0v) is 10.5. The van der Waals surface area contributed by atoms with Crippen molar-refractivity contribution >= 4 is 5.69 Å². The first kappa shape index (κ1) is 13.0. The lowest BCUT2D eigenvalue weighted by Crippen LogP contribution is -2.23. The molecule has 20 heavy (non-hydrogen) atoms. The average Bonchev–Trinajstić information content (AvgIpc) is 2.48. The third-order valence-electron chi connectivity index (χ3n) is 3.34. The Kier molecular flexibility index (Phi) is 3.36.